The molecule has 18 heteroatoms. The monoisotopic (exact) mass is 695 g/mol. The molecule has 1 heterocycles. The van der Waals surface area contributed by atoms with Crippen LogP contribution in [0, 0.1) is 12.3 Å². The van der Waals surface area contributed by atoms with Crippen LogP contribution in [0.4, 0.5) is 18.9 Å². The number of sulfone groups is 2. The highest BCUT2D eigenvalue weighted by Gasteiger charge is 2.38. The maximum absolute atomic E-state index is 13.6. The SMILES string of the molecule is COc1cc(C)c(-c2cccc(S(=O)(=O)c3cc(C(=N)N)sc3SC)c2)c(NC(=O)CCS(C)(=O)=O)c1.O=C(O)C(F)(F)F. The van der Waals surface area contributed by atoms with E-state index in [1.807, 2.05) is 0 Å². The molecule has 0 spiro atoms. The number of methoxy groups -OCH3 is 1. The number of amides is 1. The molecular formula is C26H28F3N3O8S4. The highest BCUT2D eigenvalue weighted by molar-refractivity contribution is 8.01. The van der Waals surface area contributed by atoms with Crippen LogP contribution in [-0.2, 0) is 29.3 Å². The van der Waals surface area contributed by atoms with Gasteiger partial charge in [-0.25, -0.2) is 21.6 Å². The van der Waals surface area contributed by atoms with Gasteiger partial charge in [-0.05, 0) is 48.6 Å². The fraction of sp³-hybridized carbons (Fsp3) is 0.269. The number of carbonyl (C=O) groups is 2. The Morgan fingerprint density at radius 1 is 1.14 bits per heavy atom. The van der Waals surface area contributed by atoms with Crippen molar-refractivity contribution in [3.63, 3.8) is 0 Å². The third kappa shape index (κ3) is 9.70. The van der Waals surface area contributed by atoms with Crippen LogP contribution in [-0.4, -0.2) is 71.2 Å². The number of carboxylic acids is 1. The van der Waals surface area contributed by atoms with E-state index >= 15 is 0 Å². The number of aliphatic carboxylic acids is 1. The Morgan fingerprint density at radius 3 is 2.25 bits per heavy atom. The lowest BCUT2D eigenvalue weighted by Crippen LogP contribution is -2.21. The van der Waals surface area contributed by atoms with Crippen LogP contribution in [0.25, 0.3) is 11.1 Å². The second-order valence-electron chi connectivity index (χ2n) is 9.01. The minimum Gasteiger partial charge on any atom is -0.497 e. The molecular weight excluding hydrogens is 668 g/mol. The van der Waals surface area contributed by atoms with Crippen LogP contribution in [0.2, 0.25) is 0 Å². The molecule has 0 saturated heterocycles. The van der Waals surface area contributed by atoms with Crippen LogP contribution in [0.3, 0.4) is 0 Å². The van der Waals surface area contributed by atoms with Gasteiger partial charge in [0.05, 0.1) is 37.4 Å². The summed E-state index contributed by atoms with van der Waals surface area (Å²) in [7, 11) is -5.80. The van der Waals surface area contributed by atoms with Gasteiger partial charge in [-0.1, -0.05) is 12.1 Å². The quantitative estimate of drug-likeness (QED) is 0.133. The Labute approximate surface area is 260 Å². The number of benzene rings is 2. The fourth-order valence-electron chi connectivity index (χ4n) is 3.61. The van der Waals surface area contributed by atoms with E-state index in [1.54, 1.807) is 37.4 Å². The molecule has 0 aliphatic rings. The third-order valence-electron chi connectivity index (χ3n) is 5.60. The summed E-state index contributed by atoms with van der Waals surface area (Å²) in [5.41, 5.74) is 7.77. The van der Waals surface area contributed by atoms with Gasteiger partial charge in [0.2, 0.25) is 15.7 Å². The highest BCUT2D eigenvalue weighted by Crippen LogP contribution is 2.40. The van der Waals surface area contributed by atoms with Crippen molar-refractivity contribution in [1.82, 2.24) is 0 Å². The Kier molecular flexibility index (Phi) is 12.0. The zero-order valence-electron chi connectivity index (χ0n) is 23.6. The normalized spacial score (nSPS) is 11.7. The zero-order chi connectivity index (χ0) is 33.6. The van der Waals surface area contributed by atoms with Crippen LogP contribution in [0.15, 0.2) is 56.5 Å². The number of amidine groups is 1. The van der Waals surface area contributed by atoms with Crippen molar-refractivity contribution in [2.45, 2.75) is 33.5 Å². The van der Waals surface area contributed by atoms with E-state index in [2.05, 4.69) is 5.32 Å². The first-order chi connectivity index (χ1) is 20.2. The summed E-state index contributed by atoms with van der Waals surface area (Å²) in [4.78, 5) is 21.9. The molecule has 0 saturated carbocycles. The maximum atomic E-state index is 13.6. The molecule has 2 aromatic carbocycles. The zero-order valence-corrected chi connectivity index (χ0v) is 26.9. The predicted octanol–water partition coefficient (Wildman–Crippen LogP) is 4.58. The first-order valence-electron chi connectivity index (χ1n) is 12.0. The van der Waals surface area contributed by atoms with Crippen molar-refractivity contribution in [2.75, 3.05) is 30.7 Å². The number of carbonyl (C=O) groups excluding carboxylic acids is 1. The van der Waals surface area contributed by atoms with Gasteiger partial charge in [-0.3, -0.25) is 10.2 Å². The number of halogens is 3. The number of hydrogen-bond donors (Lipinski definition) is 4. The van der Waals surface area contributed by atoms with E-state index in [4.69, 9.17) is 25.8 Å². The highest BCUT2D eigenvalue weighted by atomic mass is 32.2. The molecule has 3 rings (SSSR count). The number of ether oxygens (including phenoxy) is 1. The number of hydrogen-bond acceptors (Lipinski definition) is 10. The minimum absolute atomic E-state index is 0.0396. The van der Waals surface area contributed by atoms with E-state index in [-0.39, 0.29) is 27.8 Å². The van der Waals surface area contributed by atoms with Gasteiger partial charge in [-0.15, -0.1) is 23.1 Å². The van der Waals surface area contributed by atoms with Crippen LogP contribution in [0.1, 0.15) is 16.9 Å². The van der Waals surface area contributed by atoms with Crippen molar-refractivity contribution in [1.29, 1.82) is 5.41 Å². The second kappa shape index (κ2) is 14.4. The summed E-state index contributed by atoms with van der Waals surface area (Å²) in [6.07, 6.45) is -2.50. The average Bonchev–Trinajstić information content (AvgIpc) is 3.37. The lowest BCUT2D eigenvalue weighted by atomic mass is 9.98. The summed E-state index contributed by atoms with van der Waals surface area (Å²) in [6.45, 7) is 1.80. The lowest BCUT2D eigenvalue weighted by Gasteiger charge is -2.17. The number of aryl methyl sites for hydroxylation is 1. The predicted molar refractivity (Wildman–Crippen MR) is 162 cm³/mol. The van der Waals surface area contributed by atoms with Crippen molar-refractivity contribution in [3.05, 3.63) is 52.9 Å². The summed E-state index contributed by atoms with van der Waals surface area (Å²) in [5.74, 6) is -3.29. The first-order valence-corrected chi connectivity index (χ1v) is 17.6. The molecule has 0 radical (unpaired) electrons. The van der Waals surface area contributed by atoms with Crippen molar-refractivity contribution in [3.8, 4) is 16.9 Å². The molecule has 0 unspecified atom stereocenters. The van der Waals surface area contributed by atoms with Crippen molar-refractivity contribution >= 4 is 66.2 Å². The van der Waals surface area contributed by atoms with Gasteiger partial charge in [0.25, 0.3) is 0 Å². The van der Waals surface area contributed by atoms with E-state index in [9.17, 15) is 34.8 Å². The number of thioether (sulfide) groups is 1. The minimum atomic E-state index is -5.08. The van der Waals surface area contributed by atoms with E-state index in [0.717, 1.165) is 17.6 Å². The van der Waals surface area contributed by atoms with Crippen LogP contribution >= 0.6 is 23.1 Å². The molecule has 0 atom stereocenters. The third-order valence-corrected chi connectivity index (χ3v) is 10.9. The summed E-state index contributed by atoms with van der Waals surface area (Å²) < 4.78 is 87.8. The number of nitrogens with two attached hydrogens (primary N) is 1. The van der Waals surface area contributed by atoms with Gasteiger partial charge in [0.15, 0.2) is 0 Å². The summed E-state index contributed by atoms with van der Waals surface area (Å²) in [5, 5.41) is 17.6. The maximum Gasteiger partial charge on any atom is 0.490 e. The number of thiophene rings is 1. The molecule has 1 aromatic heterocycles. The molecule has 11 nitrogen and oxygen atoms in total. The molecule has 3 aromatic rings. The molecule has 240 valence electrons. The number of alkyl halides is 3. The second-order valence-corrected chi connectivity index (χ2v) is 15.3. The summed E-state index contributed by atoms with van der Waals surface area (Å²) in [6, 6.07) is 11.1. The molecule has 0 fully saturated rings. The van der Waals surface area contributed by atoms with E-state index in [0.29, 0.717) is 37.2 Å². The molecule has 0 aliphatic heterocycles. The van der Waals surface area contributed by atoms with E-state index < -0.39 is 37.7 Å². The van der Waals surface area contributed by atoms with E-state index in [1.165, 1.54) is 37.1 Å². The number of carboxylic acid groups (broad SMARTS) is 1. The molecule has 0 bridgehead atoms. The molecule has 0 aliphatic carbocycles. The van der Waals surface area contributed by atoms with Gasteiger partial charge >= 0.3 is 12.1 Å². The number of anilines is 1. The first kappa shape index (κ1) is 36.6. The van der Waals surface area contributed by atoms with Gasteiger partial charge in [-0.2, -0.15) is 13.2 Å². The van der Waals surface area contributed by atoms with Gasteiger partial charge < -0.3 is 20.9 Å². The Morgan fingerprint density at radius 2 is 1.75 bits per heavy atom. The Hall–Kier alpha value is -3.61. The van der Waals surface area contributed by atoms with Gasteiger partial charge in [0, 0.05) is 24.3 Å². The van der Waals surface area contributed by atoms with Crippen molar-refractivity contribution < 1.29 is 49.4 Å². The standard InChI is InChI=1S/C24H27N3O6S4.C2HF3O2/c1-14-10-16(33-2)12-18(27-21(28)8-9-36(4,29)30)22(14)15-6-5-7-17(11-15)37(31,32)20-13-19(23(25)26)35-24(20)34-3;3-2(4,5)1(6)7/h5-7,10-13H,8-9H2,1-4H3,(H3,25,26)(H,27,28);(H,6,7). The number of nitrogen functional groups attached to an aromatic ring is 1. The largest absolute Gasteiger partial charge is 0.497 e. The number of rotatable bonds is 10. The lowest BCUT2D eigenvalue weighted by molar-refractivity contribution is -0.192. The molecule has 1 amide bonds. The fourth-order valence-corrected chi connectivity index (χ4v) is 8.07. The molecule has 5 N–H and O–H groups in total. The summed E-state index contributed by atoms with van der Waals surface area (Å²) >= 11 is 2.40. The average molecular weight is 696 g/mol. The topological polar surface area (TPSA) is 194 Å². The smallest absolute Gasteiger partial charge is 0.490 e. The molecule has 44 heavy (non-hydrogen) atoms. The van der Waals surface area contributed by atoms with Crippen molar-refractivity contribution in [2.24, 2.45) is 5.73 Å². The van der Waals surface area contributed by atoms with Gasteiger partial charge in [0.1, 0.15) is 21.4 Å². The Bertz CT molecular complexity index is 1790. The Balaban J connectivity index is 0.000000860. The van der Waals surface area contributed by atoms with Crippen LogP contribution < -0.4 is 15.8 Å². The van der Waals surface area contributed by atoms with Crippen LogP contribution in [0.5, 0.6) is 5.75 Å². The number of nitrogens with one attached hydrogen (secondary N) is 2.